The molecule has 1 fully saturated rings. The molecule has 5 nitrogen and oxygen atoms in total. The second-order valence-electron chi connectivity index (χ2n) is 3.32. The predicted molar refractivity (Wildman–Crippen MR) is 50.5 cm³/mol. The van der Waals surface area contributed by atoms with Crippen LogP contribution >= 0.6 is 0 Å². The fourth-order valence-electron chi connectivity index (χ4n) is 1.82. The van der Waals surface area contributed by atoms with Crippen LogP contribution < -0.4 is 0 Å². The monoisotopic (exact) mass is 224 g/mol. The van der Waals surface area contributed by atoms with Gasteiger partial charge in [-0.25, -0.2) is 8.42 Å². The Bertz CT molecular complexity index is 272. The smallest absolute Gasteiger partial charge is 0.286 e. The number of methoxy groups -OCH3 is 3. The van der Waals surface area contributed by atoms with E-state index in [1.165, 1.54) is 21.3 Å². The van der Waals surface area contributed by atoms with Gasteiger partial charge in [-0.05, 0) is 6.42 Å². The van der Waals surface area contributed by atoms with Gasteiger partial charge in [-0.1, -0.05) is 0 Å². The predicted octanol–water partition coefficient (Wildman–Crippen LogP) is 0.0141. The van der Waals surface area contributed by atoms with Gasteiger partial charge in [0.25, 0.3) is 5.97 Å². The van der Waals surface area contributed by atoms with E-state index in [9.17, 15) is 8.42 Å². The molecule has 0 aliphatic carbocycles. The van der Waals surface area contributed by atoms with E-state index in [1.807, 2.05) is 0 Å². The Hall–Kier alpha value is -0.170. The van der Waals surface area contributed by atoms with Gasteiger partial charge in [-0.2, -0.15) is 0 Å². The third kappa shape index (κ3) is 2.08. The maximum atomic E-state index is 11.3. The number of hydrogen-bond acceptors (Lipinski definition) is 5. The molecule has 1 aliphatic rings. The molecule has 1 unspecified atom stereocenters. The van der Waals surface area contributed by atoms with Crippen molar-refractivity contribution in [2.45, 2.75) is 12.4 Å². The van der Waals surface area contributed by atoms with Crippen molar-refractivity contribution >= 4 is 9.84 Å². The Morgan fingerprint density at radius 1 is 1.14 bits per heavy atom. The van der Waals surface area contributed by atoms with Crippen molar-refractivity contribution in [1.82, 2.24) is 0 Å². The number of sulfone groups is 1. The average Bonchev–Trinajstić information content (AvgIpc) is 2.51. The molecule has 6 heteroatoms. The van der Waals surface area contributed by atoms with Crippen LogP contribution in [0.15, 0.2) is 0 Å². The van der Waals surface area contributed by atoms with Crippen molar-refractivity contribution in [2.75, 3.05) is 32.8 Å². The minimum atomic E-state index is -2.95. The third-order valence-electron chi connectivity index (χ3n) is 2.59. The van der Waals surface area contributed by atoms with Gasteiger partial charge >= 0.3 is 0 Å². The molecule has 0 aromatic rings. The van der Waals surface area contributed by atoms with Crippen molar-refractivity contribution in [3.8, 4) is 0 Å². The normalized spacial score (nSPS) is 26.6. The van der Waals surface area contributed by atoms with E-state index in [4.69, 9.17) is 14.2 Å². The van der Waals surface area contributed by atoms with Gasteiger partial charge in [0.1, 0.15) is 0 Å². The summed E-state index contributed by atoms with van der Waals surface area (Å²) in [5, 5.41) is 0. The Kier molecular flexibility index (Phi) is 3.52. The van der Waals surface area contributed by atoms with E-state index in [1.54, 1.807) is 0 Å². The molecule has 0 saturated carbocycles. The molecule has 0 radical (unpaired) electrons. The molecule has 0 amide bonds. The summed E-state index contributed by atoms with van der Waals surface area (Å²) < 4.78 is 37.9. The van der Waals surface area contributed by atoms with Crippen molar-refractivity contribution < 1.29 is 22.6 Å². The van der Waals surface area contributed by atoms with E-state index in [-0.39, 0.29) is 17.4 Å². The van der Waals surface area contributed by atoms with Crippen LogP contribution in [0.4, 0.5) is 0 Å². The molecule has 1 aliphatic heterocycles. The van der Waals surface area contributed by atoms with Gasteiger partial charge in [-0.3, -0.25) is 0 Å². The van der Waals surface area contributed by atoms with Crippen LogP contribution in [-0.4, -0.2) is 47.2 Å². The number of rotatable bonds is 4. The first kappa shape index (κ1) is 11.9. The van der Waals surface area contributed by atoms with E-state index in [0.717, 1.165) is 0 Å². The van der Waals surface area contributed by atoms with E-state index in [0.29, 0.717) is 6.42 Å². The minimum absolute atomic E-state index is 0.0581. The zero-order valence-corrected chi connectivity index (χ0v) is 9.46. The summed E-state index contributed by atoms with van der Waals surface area (Å²) >= 11 is 0. The highest BCUT2D eigenvalue weighted by atomic mass is 32.2. The maximum absolute atomic E-state index is 11.3. The summed E-state index contributed by atoms with van der Waals surface area (Å²) in [4.78, 5) is 0. The average molecular weight is 224 g/mol. The lowest BCUT2D eigenvalue weighted by Crippen LogP contribution is -2.44. The Morgan fingerprint density at radius 2 is 1.64 bits per heavy atom. The maximum Gasteiger partial charge on any atom is 0.286 e. The van der Waals surface area contributed by atoms with E-state index < -0.39 is 15.8 Å². The lowest BCUT2D eigenvalue weighted by molar-refractivity contribution is -0.374. The van der Waals surface area contributed by atoms with Crippen LogP contribution in [-0.2, 0) is 24.0 Å². The summed E-state index contributed by atoms with van der Waals surface area (Å²) in [6, 6.07) is 0. The molecule has 0 aromatic heterocycles. The van der Waals surface area contributed by atoms with Crippen LogP contribution in [0.25, 0.3) is 0 Å². The first-order valence-corrected chi connectivity index (χ1v) is 6.17. The minimum Gasteiger partial charge on any atom is -0.331 e. The van der Waals surface area contributed by atoms with Crippen LogP contribution in [0.1, 0.15) is 6.42 Å². The Labute approximate surface area is 84.3 Å². The second kappa shape index (κ2) is 4.14. The van der Waals surface area contributed by atoms with Gasteiger partial charge in [-0.15, -0.1) is 0 Å². The standard InChI is InChI=1S/C8H16O5S/c1-11-8(12-2,13-3)7-4-5-14(9,10)6-7/h7H,4-6H2,1-3H3. The molecule has 1 rings (SSSR count). The molecule has 84 valence electrons. The lowest BCUT2D eigenvalue weighted by atomic mass is 10.1. The summed E-state index contributed by atoms with van der Waals surface area (Å²) in [6.45, 7) is 0. The molecule has 14 heavy (non-hydrogen) atoms. The summed E-state index contributed by atoms with van der Waals surface area (Å²) in [5.74, 6) is -1.24. The quantitative estimate of drug-likeness (QED) is 0.630. The largest absolute Gasteiger partial charge is 0.331 e. The van der Waals surface area contributed by atoms with Crippen molar-refractivity contribution in [3.63, 3.8) is 0 Å². The summed E-state index contributed by atoms with van der Waals surface area (Å²) in [6.07, 6.45) is 0.512. The Balaban J connectivity index is 2.82. The Morgan fingerprint density at radius 3 is 1.93 bits per heavy atom. The molecular formula is C8H16O5S. The van der Waals surface area contributed by atoms with Crippen molar-refractivity contribution in [3.05, 3.63) is 0 Å². The topological polar surface area (TPSA) is 61.8 Å². The first-order chi connectivity index (χ1) is 6.49. The van der Waals surface area contributed by atoms with Gasteiger partial charge in [0.05, 0.1) is 17.4 Å². The van der Waals surface area contributed by atoms with Crippen LogP contribution in [0.3, 0.4) is 0 Å². The van der Waals surface area contributed by atoms with Crippen molar-refractivity contribution in [2.24, 2.45) is 5.92 Å². The summed E-state index contributed by atoms with van der Waals surface area (Å²) in [7, 11) is 1.38. The van der Waals surface area contributed by atoms with Crippen LogP contribution in [0.2, 0.25) is 0 Å². The zero-order valence-electron chi connectivity index (χ0n) is 8.65. The van der Waals surface area contributed by atoms with Gasteiger partial charge in [0.2, 0.25) is 0 Å². The molecular weight excluding hydrogens is 208 g/mol. The highest BCUT2D eigenvalue weighted by Crippen LogP contribution is 2.32. The fourth-order valence-corrected chi connectivity index (χ4v) is 3.62. The van der Waals surface area contributed by atoms with Crippen LogP contribution in [0, 0.1) is 5.92 Å². The highest BCUT2D eigenvalue weighted by Gasteiger charge is 2.46. The highest BCUT2D eigenvalue weighted by molar-refractivity contribution is 7.91. The van der Waals surface area contributed by atoms with Crippen LogP contribution in [0.5, 0.6) is 0 Å². The van der Waals surface area contributed by atoms with E-state index in [2.05, 4.69) is 0 Å². The fraction of sp³-hybridized carbons (Fsp3) is 1.00. The molecule has 1 heterocycles. The van der Waals surface area contributed by atoms with Gasteiger partial charge in [0, 0.05) is 21.3 Å². The zero-order chi connectivity index (χ0) is 10.8. The number of ether oxygens (including phenoxy) is 3. The van der Waals surface area contributed by atoms with Crippen molar-refractivity contribution in [1.29, 1.82) is 0 Å². The van der Waals surface area contributed by atoms with E-state index >= 15 is 0 Å². The molecule has 1 atom stereocenters. The molecule has 0 spiro atoms. The SMILES string of the molecule is COC(OC)(OC)C1CCS(=O)(=O)C1. The number of hydrogen-bond donors (Lipinski definition) is 0. The lowest BCUT2D eigenvalue weighted by Gasteiger charge is -2.33. The third-order valence-corrected chi connectivity index (χ3v) is 4.35. The first-order valence-electron chi connectivity index (χ1n) is 4.35. The molecule has 1 saturated heterocycles. The van der Waals surface area contributed by atoms with Gasteiger partial charge < -0.3 is 14.2 Å². The summed E-state index contributed by atoms with van der Waals surface area (Å²) in [5.41, 5.74) is 0. The molecule has 0 bridgehead atoms. The van der Waals surface area contributed by atoms with Gasteiger partial charge in [0.15, 0.2) is 9.84 Å². The molecule has 0 aromatic carbocycles. The molecule has 0 N–H and O–H groups in total. The second-order valence-corrected chi connectivity index (χ2v) is 5.54.